The van der Waals surface area contributed by atoms with Gasteiger partial charge in [-0.3, -0.25) is 4.79 Å². The topological polar surface area (TPSA) is 63.3 Å². The fourth-order valence-corrected chi connectivity index (χ4v) is 1.20. The van der Waals surface area contributed by atoms with Crippen LogP contribution in [-0.2, 0) is 11.2 Å². The first-order valence-corrected chi connectivity index (χ1v) is 4.90. The second-order valence-electron chi connectivity index (χ2n) is 2.73. The summed E-state index contributed by atoms with van der Waals surface area (Å²) in [5, 5.41) is 9.38. The van der Waals surface area contributed by atoms with E-state index in [0.29, 0.717) is 17.4 Å². The average molecular weight is 244 g/mol. The van der Waals surface area contributed by atoms with Gasteiger partial charge in [-0.05, 0) is 11.6 Å². The van der Waals surface area contributed by atoms with Gasteiger partial charge >= 0.3 is 0 Å². The number of phenols is 1. The Labute approximate surface area is 84.7 Å². The molecule has 0 heterocycles. The van der Waals surface area contributed by atoms with Crippen molar-refractivity contribution in [2.75, 3.05) is 11.1 Å². The van der Waals surface area contributed by atoms with E-state index >= 15 is 0 Å². The van der Waals surface area contributed by atoms with Crippen molar-refractivity contribution in [3.05, 3.63) is 23.8 Å². The SMILES string of the molecule is Nc1cc(O)ccc1CC(=O)CBr. The third-order valence-electron chi connectivity index (χ3n) is 1.67. The molecule has 0 saturated heterocycles. The first-order valence-electron chi connectivity index (χ1n) is 3.78. The number of hydrogen-bond donors (Lipinski definition) is 2. The molecule has 0 amide bonds. The van der Waals surface area contributed by atoms with Crippen LogP contribution in [0.15, 0.2) is 18.2 Å². The Morgan fingerprint density at radius 3 is 2.77 bits per heavy atom. The van der Waals surface area contributed by atoms with Gasteiger partial charge in [0, 0.05) is 18.2 Å². The molecule has 0 saturated carbocycles. The van der Waals surface area contributed by atoms with Crippen LogP contribution in [0, 0.1) is 0 Å². The average Bonchev–Trinajstić information content (AvgIpc) is 2.09. The summed E-state index contributed by atoms with van der Waals surface area (Å²) >= 11 is 3.07. The first-order chi connectivity index (χ1) is 6.13. The second-order valence-corrected chi connectivity index (χ2v) is 3.29. The summed E-state index contributed by atoms with van der Waals surface area (Å²) in [5.74, 6) is 0.185. The summed E-state index contributed by atoms with van der Waals surface area (Å²) < 4.78 is 0. The predicted molar refractivity (Wildman–Crippen MR) is 55.0 cm³/mol. The van der Waals surface area contributed by atoms with Gasteiger partial charge < -0.3 is 10.8 Å². The van der Waals surface area contributed by atoms with Gasteiger partial charge in [0.15, 0.2) is 0 Å². The first kappa shape index (κ1) is 10.1. The number of alkyl halides is 1. The number of nitrogen functional groups attached to an aromatic ring is 1. The molecular weight excluding hydrogens is 234 g/mol. The lowest BCUT2D eigenvalue weighted by Gasteiger charge is -2.03. The number of phenolic OH excluding ortho intramolecular Hbond substituents is 1. The molecule has 3 N–H and O–H groups in total. The standard InChI is InChI=1S/C9H10BrNO2/c10-5-8(13)3-6-1-2-7(12)4-9(6)11/h1-2,4,12H,3,5,11H2. The lowest BCUT2D eigenvalue weighted by atomic mass is 10.1. The van der Waals surface area contributed by atoms with E-state index in [4.69, 9.17) is 10.8 Å². The Balaban J connectivity index is 2.83. The number of halogens is 1. The number of ketones is 1. The lowest BCUT2D eigenvalue weighted by Crippen LogP contribution is -2.05. The molecule has 1 aromatic carbocycles. The molecule has 0 aliphatic rings. The molecule has 0 fully saturated rings. The van der Waals surface area contributed by atoms with Crippen LogP contribution in [0.5, 0.6) is 5.75 Å². The van der Waals surface area contributed by atoms with Gasteiger partial charge in [-0.25, -0.2) is 0 Å². The molecule has 3 nitrogen and oxygen atoms in total. The number of hydrogen-bond acceptors (Lipinski definition) is 3. The molecule has 70 valence electrons. The molecule has 1 rings (SSSR count). The second kappa shape index (κ2) is 4.28. The van der Waals surface area contributed by atoms with Crippen LogP contribution in [0.25, 0.3) is 0 Å². The predicted octanol–water partition coefficient (Wildman–Crippen LogP) is 1.48. The van der Waals surface area contributed by atoms with Crippen LogP contribution in [0.2, 0.25) is 0 Å². The van der Waals surface area contributed by atoms with Crippen LogP contribution >= 0.6 is 15.9 Å². The number of rotatable bonds is 3. The fourth-order valence-electron chi connectivity index (χ4n) is 1.00. The largest absolute Gasteiger partial charge is 0.508 e. The Morgan fingerprint density at radius 1 is 1.54 bits per heavy atom. The molecule has 0 aliphatic heterocycles. The minimum absolute atomic E-state index is 0.0670. The molecule has 0 radical (unpaired) electrons. The van der Waals surface area contributed by atoms with Gasteiger partial charge in [0.1, 0.15) is 11.5 Å². The Morgan fingerprint density at radius 2 is 2.23 bits per heavy atom. The summed E-state index contributed by atoms with van der Waals surface area (Å²) in [4.78, 5) is 11.1. The summed E-state index contributed by atoms with van der Waals surface area (Å²) in [6.45, 7) is 0. The maximum atomic E-state index is 11.1. The van der Waals surface area contributed by atoms with E-state index in [1.165, 1.54) is 12.1 Å². The number of carbonyl (C=O) groups is 1. The van der Waals surface area contributed by atoms with Crippen molar-refractivity contribution < 1.29 is 9.90 Å². The third-order valence-corrected chi connectivity index (χ3v) is 2.29. The van der Waals surface area contributed by atoms with E-state index in [9.17, 15) is 4.79 Å². The maximum absolute atomic E-state index is 11.1. The smallest absolute Gasteiger partial charge is 0.147 e. The molecule has 0 atom stereocenters. The van der Waals surface area contributed by atoms with Crippen LogP contribution in [0.1, 0.15) is 5.56 Å². The Hall–Kier alpha value is -1.03. The van der Waals surface area contributed by atoms with Crippen molar-refractivity contribution in [1.29, 1.82) is 0 Å². The molecular formula is C9H10BrNO2. The highest BCUT2D eigenvalue weighted by atomic mass is 79.9. The molecule has 1 aromatic rings. The number of Topliss-reactive ketones (excluding diaryl/α,β-unsaturated/α-hetero) is 1. The molecule has 0 aromatic heterocycles. The molecule has 4 heteroatoms. The van der Waals surface area contributed by atoms with E-state index in [-0.39, 0.29) is 11.5 Å². The normalized spacial score (nSPS) is 9.92. The highest BCUT2D eigenvalue weighted by Crippen LogP contribution is 2.19. The van der Waals surface area contributed by atoms with Crippen LogP contribution < -0.4 is 5.73 Å². The van der Waals surface area contributed by atoms with Gasteiger partial charge in [-0.2, -0.15) is 0 Å². The summed E-state index contributed by atoms with van der Waals surface area (Å²) in [6, 6.07) is 4.62. The molecule has 0 spiro atoms. The van der Waals surface area contributed by atoms with Gasteiger partial charge in [-0.1, -0.05) is 22.0 Å². The number of aromatic hydroxyl groups is 1. The van der Waals surface area contributed by atoms with E-state index in [1.54, 1.807) is 6.07 Å². The van der Waals surface area contributed by atoms with Crippen molar-refractivity contribution in [2.24, 2.45) is 0 Å². The van der Waals surface area contributed by atoms with Crippen LogP contribution in [-0.4, -0.2) is 16.2 Å². The van der Waals surface area contributed by atoms with Gasteiger partial charge in [0.2, 0.25) is 0 Å². The summed E-state index contributed by atoms with van der Waals surface area (Å²) in [5.41, 5.74) is 6.80. The Kier molecular flexibility index (Phi) is 3.31. The number of carbonyl (C=O) groups excluding carboxylic acids is 1. The quantitative estimate of drug-likeness (QED) is 0.625. The molecule has 0 unspecified atom stereocenters. The van der Waals surface area contributed by atoms with Crippen molar-refractivity contribution in [1.82, 2.24) is 0 Å². The van der Waals surface area contributed by atoms with Crippen molar-refractivity contribution in [2.45, 2.75) is 6.42 Å². The van der Waals surface area contributed by atoms with Gasteiger partial charge in [0.25, 0.3) is 0 Å². The van der Waals surface area contributed by atoms with E-state index in [0.717, 1.165) is 5.56 Å². The monoisotopic (exact) mass is 243 g/mol. The number of benzene rings is 1. The Bertz CT molecular complexity index is 325. The highest BCUT2D eigenvalue weighted by Gasteiger charge is 2.05. The zero-order valence-electron chi connectivity index (χ0n) is 6.96. The fraction of sp³-hybridized carbons (Fsp3) is 0.222. The summed E-state index contributed by atoms with van der Waals surface area (Å²) in [7, 11) is 0. The minimum atomic E-state index is 0.0670. The number of anilines is 1. The molecule has 13 heavy (non-hydrogen) atoms. The lowest BCUT2D eigenvalue weighted by molar-refractivity contribution is -0.115. The van der Waals surface area contributed by atoms with Gasteiger partial charge in [0.05, 0.1) is 5.33 Å². The molecule has 0 bridgehead atoms. The van der Waals surface area contributed by atoms with Crippen LogP contribution in [0.3, 0.4) is 0 Å². The number of nitrogens with two attached hydrogens (primary N) is 1. The van der Waals surface area contributed by atoms with E-state index < -0.39 is 0 Å². The van der Waals surface area contributed by atoms with Crippen LogP contribution in [0.4, 0.5) is 5.69 Å². The molecule has 0 aliphatic carbocycles. The minimum Gasteiger partial charge on any atom is -0.508 e. The zero-order chi connectivity index (χ0) is 9.84. The van der Waals surface area contributed by atoms with Crippen molar-refractivity contribution in [3.63, 3.8) is 0 Å². The maximum Gasteiger partial charge on any atom is 0.147 e. The van der Waals surface area contributed by atoms with Crippen molar-refractivity contribution >= 4 is 27.4 Å². The van der Waals surface area contributed by atoms with E-state index in [1.807, 2.05) is 0 Å². The zero-order valence-corrected chi connectivity index (χ0v) is 8.54. The highest BCUT2D eigenvalue weighted by molar-refractivity contribution is 9.09. The van der Waals surface area contributed by atoms with E-state index in [2.05, 4.69) is 15.9 Å². The van der Waals surface area contributed by atoms with Crippen molar-refractivity contribution in [3.8, 4) is 5.75 Å². The summed E-state index contributed by atoms with van der Waals surface area (Å²) in [6.07, 6.45) is 0.303. The van der Waals surface area contributed by atoms with Gasteiger partial charge in [-0.15, -0.1) is 0 Å². The third kappa shape index (κ3) is 2.73.